The average molecular weight is 238 g/mol. The van der Waals surface area contributed by atoms with Gasteiger partial charge in [-0.15, -0.1) is 0 Å². The molecule has 1 atom stereocenters. The maximum atomic E-state index is 11.6. The number of carbonyl (C=O) groups is 2. The van der Waals surface area contributed by atoms with Crippen molar-refractivity contribution in [3.8, 4) is 5.75 Å². The maximum absolute atomic E-state index is 11.6. The zero-order valence-corrected chi connectivity index (χ0v) is 9.67. The molecule has 0 saturated heterocycles. The average Bonchev–Trinajstić information content (AvgIpc) is 2.36. The highest BCUT2D eigenvalue weighted by molar-refractivity contribution is 5.84. The van der Waals surface area contributed by atoms with E-state index in [9.17, 15) is 9.59 Å². The van der Waals surface area contributed by atoms with E-state index in [-0.39, 0.29) is 12.2 Å². The summed E-state index contributed by atoms with van der Waals surface area (Å²) >= 11 is 0. The summed E-state index contributed by atoms with van der Waals surface area (Å²) in [4.78, 5) is 22.8. The fourth-order valence-electron chi connectivity index (χ4n) is 1.44. The summed E-state index contributed by atoms with van der Waals surface area (Å²) in [6.45, 7) is 0. The number of aromatic hydroxyl groups is 1. The molecule has 0 aliphatic rings. The summed E-state index contributed by atoms with van der Waals surface area (Å²) in [7, 11) is 2.51. The third-order valence-electron chi connectivity index (χ3n) is 2.38. The third-order valence-corrected chi connectivity index (χ3v) is 2.38. The summed E-state index contributed by atoms with van der Waals surface area (Å²) in [5.74, 6) is -1.63. The molecule has 1 unspecified atom stereocenters. The number of hydrogen-bond acceptors (Lipinski definition) is 5. The van der Waals surface area contributed by atoms with Gasteiger partial charge in [-0.25, -0.2) is 0 Å². The Morgan fingerprint density at radius 3 is 2.24 bits per heavy atom. The second-order valence-electron chi connectivity index (χ2n) is 3.45. The number of ether oxygens (including phenoxy) is 2. The molecule has 17 heavy (non-hydrogen) atoms. The van der Waals surface area contributed by atoms with Gasteiger partial charge in [-0.1, -0.05) is 12.1 Å². The second kappa shape index (κ2) is 5.89. The van der Waals surface area contributed by atoms with Gasteiger partial charge in [0.15, 0.2) is 0 Å². The first-order valence-corrected chi connectivity index (χ1v) is 5.02. The fourth-order valence-corrected chi connectivity index (χ4v) is 1.44. The molecule has 0 spiro atoms. The summed E-state index contributed by atoms with van der Waals surface area (Å²) < 4.78 is 9.16. The normalized spacial score (nSPS) is 11.6. The van der Waals surface area contributed by atoms with Gasteiger partial charge in [0, 0.05) is 0 Å². The van der Waals surface area contributed by atoms with E-state index in [0.717, 1.165) is 0 Å². The highest BCUT2D eigenvalue weighted by atomic mass is 16.5. The Morgan fingerprint density at radius 1 is 1.18 bits per heavy atom. The van der Waals surface area contributed by atoms with Crippen molar-refractivity contribution < 1.29 is 24.2 Å². The van der Waals surface area contributed by atoms with Crippen LogP contribution in [0.25, 0.3) is 0 Å². The Bertz CT molecular complexity index is 396. The number of hydrogen-bond donors (Lipinski definition) is 1. The first-order valence-electron chi connectivity index (χ1n) is 5.02. The van der Waals surface area contributed by atoms with Gasteiger partial charge in [0.2, 0.25) is 0 Å². The van der Waals surface area contributed by atoms with E-state index in [2.05, 4.69) is 9.47 Å². The van der Waals surface area contributed by atoms with E-state index in [1.54, 1.807) is 12.1 Å². The van der Waals surface area contributed by atoms with Gasteiger partial charge in [-0.3, -0.25) is 9.59 Å². The molecule has 5 heteroatoms. The maximum Gasteiger partial charge on any atom is 0.313 e. The van der Waals surface area contributed by atoms with E-state index < -0.39 is 17.9 Å². The quantitative estimate of drug-likeness (QED) is 0.798. The summed E-state index contributed by atoms with van der Waals surface area (Å²) in [6.07, 6.45) is -0.0893. The lowest BCUT2D eigenvalue weighted by atomic mass is 9.96. The Labute approximate surface area is 99.0 Å². The van der Waals surface area contributed by atoms with Gasteiger partial charge in [-0.2, -0.15) is 0 Å². The minimum Gasteiger partial charge on any atom is -0.508 e. The molecular formula is C12H14O5. The second-order valence-corrected chi connectivity index (χ2v) is 3.45. The smallest absolute Gasteiger partial charge is 0.313 e. The SMILES string of the molecule is COC(=O)CC(C(=O)OC)c1ccc(O)cc1. The molecule has 0 amide bonds. The Kier molecular flexibility index (Phi) is 4.51. The van der Waals surface area contributed by atoms with Gasteiger partial charge >= 0.3 is 11.9 Å². The number of phenols is 1. The lowest BCUT2D eigenvalue weighted by Crippen LogP contribution is -2.18. The van der Waals surface area contributed by atoms with E-state index in [0.29, 0.717) is 5.56 Å². The van der Waals surface area contributed by atoms with Gasteiger partial charge in [0.1, 0.15) is 5.75 Å². The molecule has 0 bridgehead atoms. The lowest BCUT2D eigenvalue weighted by Gasteiger charge is -2.13. The van der Waals surface area contributed by atoms with Crippen molar-refractivity contribution >= 4 is 11.9 Å². The Morgan fingerprint density at radius 2 is 1.76 bits per heavy atom. The topological polar surface area (TPSA) is 72.8 Å². The highest BCUT2D eigenvalue weighted by Gasteiger charge is 2.24. The van der Waals surface area contributed by atoms with Crippen LogP contribution in [0.3, 0.4) is 0 Å². The van der Waals surface area contributed by atoms with Gasteiger partial charge < -0.3 is 14.6 Å². The molecular weight excluding hydrogens is 224 g/mol. The van der Waals surface area contributed by atoms with Crippen LogP contribution >= 0.6 is 0 Å². The molecule has 0 heterocycles. The zero-order chi connectivity index (χ0) is 12.8. The number of rotatable bonds is 4. The van der Waals surface area contributed by atoms with Crippen LogP contribution in [-0.2, 0) is 19.1 Å². The fraction of sp³-hybridized carbons (Fsp3) is 0.333. The van der Waals surface area contributed by atoms with Crippen LogP contribution < -0.4 is 0 Å². The molecule has 0 fully saturated rings. The van der Waals surface area contributed by atoms with Crippen LogP contribution in [0.15, 0.2) is 24.3 Å². The molecule has 0 aliphatic heterocycles. The first-order chi connectivity index (χ1) is 8.08. The van der Waals surface area contributed by atoms with Crippen molar-refractivity contribution in [1.29, 1.82) is 0 Å². The highest BCUT2D eigenvalue weighted by Crippen LogP contribution is 2.23. The predicted octanol–water partition coefficient (Wildman–Crippen LogP) is 1.21. The standard InChI is InChI=1S/C12H14O5/c1-16-11(14)7-10(12(15)17-2)8-3-5-9(13)6-4-8/h3-6,10,13H,7H2,1-2H3. The monoisotopic (exact) mass is 238 g/mol. The van der Waals surface area contributed by atoms with Crippen molar-refractivity contribution in [2.24, 2.45) is 0 Å². The minimum atomic E-state index is -0.715. The number of benzene rings is 1. The number of methoxy groups -OCH3 is 2. The van der Waals surface area contributed by atoms with Crippen LogP contribution in [0.2, 0.25) is 0 Å². The number of carbonyl (C=O) groups excluding carboxylic acids is 2. The lowest BCUT2D eigenvalue weighted by molar-refractivity contribution is -0.149. The molecule has 92 valence electrons. The molecule has 1 rings (SSSR count). The largest absolute Gasteiger partial charge is 0.508 e. The van der Waals surface area contributed by atoms with Crippen LogP contribution in [0.4, 0.5) is 0 Å². The van der Waals surface area contributed by atoms with Crippen LogP contribution in [0, 0.1) is 0 Å². The number of phenolic OH excluding ortho intramolecular Hbond substituents is 1. The van der Waals surface area contributed by atoms with Crippen LogP contribution in [0.5, 0.6) is 5.75 Å². The molecule has 0 saturated carbocycles. The molecule has 0 aliphatic carbocycles. The van der Waals surface area contributed by atoms with Crippen molar-refractivity contribution in [2.75, 3.05) is 14.2 Å². The summed E-state index contributed by atoms with van der Waals surface area (Å²) in [5, 5.41) is 9.15. The van der Waals surface area contributed by atoms with Crippen LogP contribution in [-0.4, -0.2) is 31.3 Å². The van der Waals surface area contributed by atoms with Gasteiger partial charge in [0.25, 0.3) is 0 Å². The van der Waals surface area contributed by atoms with Crippen molar-refractivity contribution in [2.45, 2.75) is 12.3 Å². The van der Waals surface area contributed by atoms with Crippen molar-refractivity contribution in [3.63, 3.8) is 0 Å². The van der Waals surface area contributed by atoms with Crippen molar-refractivity contribution in [1.82, 2.24) is 0 Å². The predicted molar refractivity (Wildman–Crippen MR) is 59.5 cm³/mol. The minimum absolute atomic E-state index is 0.0893. The van der Waals surface area contributed by atoms with Crippen LogP contribution in [0.1, 0.15) is 17.9 Å². The molecule has 1 N–H and O–H groups in total. The van der Waals surface area contributed by atoms with E-state index >= 15 is 0 Å². The van der Waals surface area contributed by atoms with E-state index in [4.69, 9.17) is 5.11 Å². The van der Waals surface area contributed by atoms with E-state index in [1.165, 1.54) is 26.4 Å². The molecule has 1 aromatic rings. The molecule has 1 aromatic carbocycles. The summed E-state index contributed by atoms with van der Waals surface area (Å²) in [6, 6.07) is 6.03. The summed E-state index contributed by atoms with van der Waals surface area (Å²) in [5.41, 5.74) is 0.597. The first kappa shape index (κ1) is 13.0. The molecule has 5 nitrogen and oxygen atoms in total. The molecule has 0 aromatic heterocycles. The van der Waals surface area contributed by atoms with Gasteiger partial charge in [-0.05, 0) is 17.7 Å². The van der Waals surface area contributed by atoms with E-state index in [1.807, 2.05) is 0 Å². The zero-order valence-electron chi connectivity index (χ0n) is 9.67. The van der Waals surface area contributed by atoms with Gasteiger partial charge in [0.05, 0.1) is 26.6 Å². The molecule has 0 radical (unpaired) electrons. The Balaban J connectivity index is 2.93. The number of esters is 2. The third kappa shape index (κ3) is 3.48. The Hall–Kier alpha value is -2.04. The van der Waals surface area contributed by atoms with Crippen molar-refractivity contribution in [3.05, 3.63) is 29.8 Å².